The first kappa shape index (κ1) is 17.0. The van der Waals surface area contributed by atoms with Gasteiger partial charge in [-0.25, -0.2) is 9.97 Å². The topological polar surface area (TPSA) is 108 Å². The second kappa shape index (κ2) is 6.85. The first-order valence-electron chi connectivity index (χ1n) is 9.86. The van der Waals surface area contributed by atoms with E-state index in [2.05, 4.69) is 47.6 Å². The summed E-state index contributed by atoms with van der Waals surface area (Å²) < 4.78 is 0. The van der Waals surface area contributed by atoms with Crippen molar-refractivity contribution in [3.05, 3.63) is 60.7 Å². The quantitative estimate of drug-likeness (QED) is 0.433. The summed E-state index contributed by atoms with van der Waals surface area (Å²) in [6.45, 7) is 1.87. The van der Waals surface area contributed by atoms with Gasteiger partial charge in [-0.2, -0.15) is 5.10 Å². The molecule has 0 atom stereocenters. The third-order valence-corrected chi connectivity index (χ3v) is 5.43. The average Bonchev–Trinajstić information content (AvgIpc) is 3.43. The molecule has 3 N–H and O–H groups in total. The number of hydrogen-bond acceptors (Lipinski definition) is 6. The molecule has 0 radical (unpaired) electrons. The maximum absolute atomic E-state index is 4.85. The number of nitrogens with one attached hydrogen (secondary N) is 3. The number of nitrogens with zero attached hydrogens (tertiary/aromatic N) is 5. The lowest BCUT2D eigenvalue weighted by Gasteiger charge is -2.13. The average molecular weight is 394 g/mol. The molecule has 5 aromatic heterocycles. The van der Waals surface area contributed by atoms with Crippen LogP contribution in [-0.2, 0) is 0 Å². The van der Waals surface area contributed by atoms with Gasteiger partial charge in [0.25, 0.3) is 0 Å². The van der Waals surface area contributed by atoms with Crippen molar-refractivity contribution in [3.8, 4) is 22.8 Å². The van der Waals surface area contributed by atoms with Crippen molar-refractivity contribution in [2.24, 2.45) is 0 Å². The summed E-state index contributed by atoms with van der Waals surface area (Å²) >= 11 is 0. The van der Waals surface area contributed by atoms with Gasteiger partial charge in [0.15, 0.2) is 11.5 Å². The van der Waals surface area contributed by atoms with E-state index in [0.29, 0.717) is 5.82 Å². The molecule has 0 aromatic carbocycles. The van der Waals surface area contributed by atoms with Crippen LogP contribution in [0.4, 0.5) is 0 Å². The van der Waals surface area contributed by atoms with Gasteiger partial charge in [0.1, 0.15) is 11.2 Å². The van der Waals surface area contributed by atoms with Gasteiger partial charge in [-0.3, -0.25) is 15.1 Å². The summed E-state index contributed by atoms with van der Waals surface area (Å²) in [6, 6.07) is 7.94. The minimum atomic E-state index is 0.692. The van der Waals surface area contributed by atoms with Crippen LogP contribution >= 0.6 is 0 Å². The van der Waals surface area contributed by atoms with E-state index in [1.54, 1.807) is 18.6 Å². The highest BCUT2D eigenvalue weighted by Gasteiger charge is 2.17. The van der Waals surface area contributed by atoms with Crippen molar-refractivity contribution < 1.29 is 0 Å². The summed E-state index contributed by atoms with van der Waals surface area (Å²) in [7, 11) is 0. The van der Waals surface area contributed by atoms with Crippen LogP contribution in [0.15, 0.2) is 55.1 Å². The molecule has 1 aliphatic heterocycles. The van der Waals surface area contributed by atoms with Gasteiger partial charge < -0.3 is 10.3 Å². The van der Waals surface area contributed by atoms with E-state index in [1.165, 1.54) is 5.57 Å². The summed E-state index contributed by atoms with van der Waals surface area (Å²) in [5.41, 5.74) is 7.44. The SMILES string of the molecule is C1=C(c2cnc3[nH]nc(-c4nc5c(-c6ccncc6)nccc5[nH]4)c3c2)CCNC1. The van der Waals surface area contributed by atoms with Gasteiger partial charge in [0.2, 0.25) is 0 Å². The van der Waals surface area contributed by atoms with E-state index in [0.717, 1.165) is 64.1 Å². The minimum absolute atomic E-state index is 0.692. The lowest BCUT2D eigenvalue weighted by molar-refractivity contribution is 0.738. The van der Waals surface area contributed by atoms with Gasteiger partial charge in [0, 0.05) is 36.9 Å². The fraction of sp³-hybridized carbons (Fsp3) is 0.136. The predicted molar refractivity (Wildman–Crippen MR) is 115 cm³/mol. The number of aromatic amines is 2. The zero-order valence-electron chi connectivity index (χ0n) is 16.1. The molecule has 0 fully saturated rings. The Balaban J connectivity index is 1.50. The Kier molecular flexibility index (Phi) is 3.88. The molecular weight excluding hydrogens is 376 g/mol. The molecule has 6 rings (SSSR count). The van der Waals surface area contributed by atoms with Crippen molar-refractivity contribution in [1.82, 2.24) is 40.4 Å². The molecule has 1 aliphatic rings. The van der Waals surface area contributed by atoms with Crippen molar-refractivity contribution in [3.63, 3.8) is 0 Å². The highest BCUT2D eigenvalue weighted by molar-refractivity contribution is 5.95. The van der Waals surface area contributed by atoms with Gasteiger partial charge in [-0.05, 0) is 48.4 Å². The first-order valence-corrected chi connectivity index (χ1v) is 9.86. The smallest absolute Gasteiger partial charge is 0.159 e. The number of hydrogen-bond donors (Lipinski definition) is 3. The molecule has 5 aromatic rings. The number of rotatable bonds is 3. The van der Waals surface area contributed by atoms with E-state index >= 15 is 0 Å². The molecule has 0 bridgehead atoms. The zero-order valence-corrected chi connectivity index (χ0v) is 16.1. The Labute approximate surface area is 171 Å². The largest absolute Gasteiger partial charge is 0.336 e. The summed E-state index contributed by atoms with van der Waals surface area (Å²) in [5.74, 6) is 0.692. The van der Waals surface area contributed by atoms with E-state index in [1.807, 2.05) is 24.4 Å². The number of aromatic nitrogens is 7. The molecule has 8 nitrogen and oxygen atoms in total. The molecule has 0 amide bonds. The van der Waals surface area contributed by atoms with Crippen LogP contribution < -0.4 is 5.32 Å². The summed E-state index contributed by atoms with van der Waals surface area (Å²) in [5, 5.41) is 11.8. The lowest BCUT2D eigenvalue weighted by Crippen LogP contribution is -2.20. The molecule has 0 saturated heterocycles. The minimum Gasteiger partial charge on any atom is -0.336 e. The maximum atomic E-state index is 4.85. The molecule has 0 unspecified atom stereocenters. The zero-order chi connectivity index (χ0) is 19.9. The summed E-state index contributed by atoms with van der Waals surface area (Å²) in [4.78, 5) is 21.5. The van der Waals surface area contributed by atoms with Crippen LogP contribution in [0.25, 0.3) is 50.4 Å². The Morgan fingerprint density at radius 2 is 1.87 bits per heavy atom. The molecular formula is C22H18N8. The van der Waals surface area contributed by atoms with Crippen molar-refractivity contribution in [1.29, 1.82) is 0 Å². The molecule has 8 heteroatoms. The monoisotopic (exact) mass is 394 g/mol. The van der Waals surface area contributed by atoms with Crippen LogP contribution in [0.3, 0.4) is 0 Å². The van der Waals surface area contributed by atoms with Gasteiger partial charge in [-0.1, -0.05) is 6.08 Å². The molecule has 0 saturated carbocycles. The lowest BCUT2D eigenvalue weighted by atomic mass is 10.0. The van der Waals surface area contributed by atoms with Crippen molar-refractivity contribution in [2.45, 2.75) is 6.42 Å². The Morgan fingerprint density at radius 3 is 2.73 bits per heavy atom. The number of pyridine rings is 3. The highest BCUT2D eigenvalue weighted by Crippen LogP contribution is 2.31. The van der Waals surface area contributed by atoms with Gasteiger partial charge in [0.05, 0.1) is 16.6 Å². The van der Waals surface area contributed by atoms with Gasteiger partial charge in [-0.15, -0.1) is 0 Å². The van der Waals surface area contributed by atoms with E-state index in [-0.39, 0.29) is 0 Å². The van der Waals surface area contributed by atoms with E-state index < -0.39 is 0 Å². The van der Waals surface area contributed by atoms with Crippen molar-refractivity contribution in [2.75, 3.05) is 13.1 Å². The Morgan fingerprint density at radius 1 is 0.933 bits per heavy atom. The van der Waals surface area contributed by atoms with E-state index in [9.17, 15) is 0 Å². The van der Waals surface area contributed by atoms with Crippen LogP contribution in [0.1, 0.15) is 12.0 Å². The molecule has 6 heterocycles. The standard InChI is InChI=1S/C22H18N8/c1-6-23-7-2-13(1)15-11-16-19(29-30-21(16)26-12-15)22-27-17-5-10-25-18(20(17)28-22)14-3-8-24-9-4-14/h1,3-5,8-12,23H,2,6-7H2,(H,27,28)(H,26,29,30). The first-order chi connectivity index (χ1) is 14.9. The van der Waals surface area contributed by atoms with Gasteiger partial charge >= 0.3 is 0 Å². The molecule has 0 spiro atoms. The predicted octanol–water partition coefficient (Wildman–Crippen LogP) is 3.33. The maximum Gasteiger partial charge on any atom is 0.159 e. The van der Waals surface area contributed by atoms with Crippen LogP contribution in [-0.4, -0.2) is 48.2 Å². The summed E-state index contributed by atoms with van der Waals surface area (Å²) in [6.07, 6.45) is 10.4. The Hall–Kier alpha value is -3.91. The van der Waals surface area contributed by atoms with E-state index in [4.69, 9.17) is 4.98 Å². The fourth-order valence-corrected chi connectivity index (χ4v) is 3.91. The third kappa shape index (κ3) is 2.77. The number of H-pyrrole nitrogens is 2. The van der Waals surface area contributed by atoms with Crippen LogP contribution in [0.2, 0.25) is 0 Å². The second-order valence-electron chi connectivity index (χ2n) is 7.25. The molecule has 30 heavy (non-hydrogen) atoms. The number of fused-ring (bicyclic) bond motifs is 2. The van der Waals surface area contributed by atoms with Crippen LogP contribution in [0.5, 0.6) is 0 Å². The fourth-order valence-electron chi connectivity index (χ4n) is 3.91. The highest BCUT2D eigenvalue weighted by atomic mass is 15.2. The molecule has 146 valence electrons. The second-order valence-corrected chi connectivity index (χ2v) is 7.25. The molecule has 0 aliphatic carbocycles. The normalized spacial score (nSPS) is 14.3. The van der Waals surface area contributed by atoms with Crippen molar-refractivity contribution >= 4 is 27.6 Å². The third-order valence-electron chi connectivity index (χ3n) is 5.43. The number of imidazole rings is 1. The Bertz CT molecular complexity index is 1400. The van der Waals surface area contributed by atoms with Crippen LogP contribution in [0, 0.1) is 0 Å².